The van der Waals surface area contributed by atoms with E-state index < -0.39 is 16.1 Å². The van der Waals surface area contributed by atoms with Crippen LogP contribution in [0, 0.1) is 13.8 Å². The third-order valence-electron chi connectivity index (χ3n) is 4.38. The van der Waals surface area contributed by atoms with Gasteiger partial charge in [0, 0.05) is 18.8 Å². The molecular weight excluding hydrogens is 348 g/mol. The summed E-state index contributed by atoms with van der Waals surface area (Å²) in [6.45, 7) is 5.72. The van der Waals surface area contributed by atoms with E-state index in [4.69, 9.17) is 4.74 Å². The molecule has 1 amide bonds. The minimum absolute atomic E-state index is 0.114. The van der Waals surface area contributed by atoms with Crippen LogP contribution in [-0.4, -0.2) is 67.5 Å². The molecule has 1 aromatic carbocycles. The van der Waals surface area contributed by atoms with Crippen molar-refractivity contribution in [1.82, 2.24) is 9.21 Å². The van der Waals surface area contributed by atoms with E-state index in [1.165, 1.54) is 16.1 Å². The Labute approximate surface area is 147 Å². The fourth-order valence-corrected chi connectivity index (χ4v) is 6.41. The summed E-state index contributed by atoms with van der Waals surface area (Å²) in [6, 6.07) is 4.76. The molecule has 1 aromatic rings. The Morgan fingerprint density at radius 3 is 2.67 bits per heavy atom. The van der Waals surface area contributed by atoms with Crippen molar-refractivity contribution in [2.45, 2.75) is 24.8 Å². The zero-order chi connectivity index (χ0) is 17.3. The Bertz CT molecular complexity index is 730. The molecule has 2 aliphatic heterocycles. The fraction of sp³-hybridized carbons (Fsp3) is 0.562. The molecule has 2 fully saturated rings. The van der Waals surface area contributed by atoms with Gasteiger partial charge in [-0.3, -0.25) is 4.79 Å². The molecule has 6 nitrogen and oxygen atoms in total. The molecule has 2 aliphatic rings. The van der Waals surface area contributed by atoms with E-state index in [0.29, 0.717) is 48.4 Å². The summed E-state index contributed by atoms with van der Waals surface area (Å²) >= 11 is 1.48. The molecule has 0 unspecified atom stereocenters. The van der Waals surface area contributed by atoms with Gasteiger partial charge in [-0.25, -0.2) is 8.42 Å². The molecule has 0 bridgehead atoms. The summed E-state index contributed by atoms with van der Waals surface area (Å²) in [4.78, 5) is 14.8. The van der Waals surface area contributed by atoms with Gasteiger partial charge in [-0.2, -0.15) is 4.31 Å². The van der Waals surface area contributed by atoms with Crippen molar-refractivity contribution in [2.24, 2.45) is 0 Å². The van der Waals surface area contributed by atoms with Crippen LogP contribution >= 0.6 is 11.8 Å². The first-order chi connectivity index (χ1) is 11.4. The number of nitrogens with zero attached hydrogens (tertiary/aromatic N) is 2. The van der Waals surface area contributed by atoms with E-state index in [9.17, 15) is 13.2 Å². The van der Waals surface area contributed by atoms with Crippen LogP contribution in [0.15, 0.2) is 23.1 Å². The third kappa shape index (κ3) is 3.33. The number of benzene rings is 1. The topological polar surface area (TPSA) is 66.9 Å². The van der Waals surface area contributed by atoms with Crippen molar-refractivity contribution in [1.29, 1.82) is 0 Å². The monoisotopic (exact) mass is 370 g/mol. The molecule has 0 saturated carbocycles. The van der Waals surface area contributed by atoms with Gasteiger partial charge in [-0.15, -0.1) is 11.8 Å². The highest BCUT2D eigenvalue weighted by molar-refractivity contribution is 8.00. The molecule has 0 N–H and O–H groups in total. The Morgan fingerprint density at radius 1 is 1.25 bits per heavy atom. The molecule has 1 atom stereocenters. The predicted octanol–water partition coefficient (Wildman–Crippen LogP) is 1.23. The van der Waals surface area contributed by atoms with Crippen LogP contribution in [-0.2, 0) is 19.6 Å². The maximum absolute atomic E-state index is 13.1. The van der Waals surface area contributed by atoms with Crippen molar-refractivity contribution in [2.75, 3.05) is 37.9 Å². The molecule has 24 heavy (non-hydrogen) atoms. The number of hydrogen-bond donors (Lipinski definition) is 0. The van der Waals surface area contributed by atoms with Gasteiger partial charge in [0.2, 0.25) is 15.9 Å². The van der Waals surface area contributed by atoms with Crippen molar-refractivity contribution >= 4 is 27.7 Å². The zero-order valence-corrected chi connectivity index (χ0v) is 15.5. The highest BCUT2D eigenvalue weighted by Gasteiger charge is 2.42. The second kappa shape index (κ2) is 7.03. The number of rotatable bonds is 3. The lowest BCUT2D eigenvalue weighted by Crippen LogP contribution is -2.51. The van der Waals surface area contributed by atoms with Crippen molar-refractivity contribution in [3.63, 3.8) is 0 Å². The van der Waals surface area contributed by atoms with Crippen LogP contribution in [0.2, 0.25) is 0 Å². The lowest BCUT2D eigenvalue weighted by atomic mass is 10.2. The first-order valence-electron chi connectivity index (χ1n) is 7.94. The standard InChI is InChI=1S/C16H22N2O4S2/c1-12-3-4-13(2)15(9-12)24(20,21)18-11-23-10-14(18)16(19)17-5-7-22-8-6-17/h3-4,9,14H,5-8,10-11H2,1-2H3/t14-/m0/s1. The first-order valence-corrected chi connectivity index (χ1v) is 10.5. The summed E-state index contributed by atoms with van der Waals surface area (Å²) in [7, 11) is -3.69. The minimum atomic E-state index is -3.69. The van der Waals surface area contributed by atoms with Crippen LogP contribution in [0.1, 0.15) is 11.1 Å². The fourth-order valence-electron chi connectivity index (χ4n) is 2.96. The summed E-state index contributed by atoms with van der Waals surface area (Å²) in [5, 5.41) is 0. The van der Waals surface area contributed by atoms with E-state index in [0.717, 1.165) is 5.56 Å². The quantitative estimate of drug-likeness (QED) is 0.801. The number of aryl methyl sites for hydroxylation is 2. The molecule has 0 aromatic heterocycles. The third-order valence-corrected chi connectivity index (χ3v) is 7.55. The van der Waals surface area contributed by atoms with Crippen LogP contribution in [0.25, 0.3) is 0 Å². The SMILES string of the molecule is Cc1ccc(C)c(S(=O)(=O)N2CSC[C@H]2C(=O)N2CCOCC2)c1. The van der Waals surface area contributed by atoms with Gasteiger partial charge in [0.15, 0.2) is 0 Å². The minimum Gasteiger partial charge on any atom is -0.378 e. The Morgan fingerprint density at radius 2 is 1.96 bits per heavy atom. The molecule has 3 rings (SSSR count). The highest BCUT2D eigenvalue weighted by atomic mass is 32.2. The number of carbonyl (C=O) groups excluding carboxylic acids is 1. The number of sulfonamides is 1. The van der Waals surface area contributed by atoms with E-state index in [-0.39, 0.29) is 5.91 Å². The van der Waals surface area contributed by atoms with Gasteiger partial charge in [-0.1, -0.05) is 12.1 Å². The number of hydrogen-bond acceptors (Lipinski definition) is 5. The van der Waals surface area contributed by atoms with Crippen LogP contribution in [0.3, 0.4) is 0 Å². The van der Waals surface area contributed by atoms with Crippen molar-refractivity contribution < 1.29 is 17.9 Å². The molecule has 0 radical (unpaired) electrons. The molecule has 0 aliphatic carbocycles. The normalized spacial score (nSPS) is 22.8. The lowest BCUT2D eigenvalue weighted by molar-refractivity contribution is -0.138. The number of amides is 1. The molecule has 8 heteroatoms. The van der Waals surface area contributed by atoms with Gasteiger partial charge in [0.05, 0.1) is 24.0 Å². The molecule has 0 spiro atoms. The Balaban J connectivity index is 1.89. The number of morpholine rings is 1. The van der Waals surface area contributed by atoms with Crippen molar-refractivity contribution in [3.8, 4) is 0 Å². The summed E-state index contributed by atoms with van der Waals surface area (Å²) in [5.41, 5.74) is 1.59. The number of ether oxygens (including phenoxy) is 1. The molecule has 2 heterocycles. The average Bonchev–Trinajstić information content (AvgIpc) is 3.07. The average molecular weight is 370 g/mol. The maximum atomic E-state index is 13.1. The molecule has 132 valence electrons. The van der Waals surface area contributed by atoms with Gasteiger partial charge in [-0.05, 0) is 31.0 Å². The van der Waals surface area contributed by atoms with Gasteiger partial charge in [0.1, 0.15) is 6.04 Å². The van der Waals surface area contributed by atoms with Gasteiger partial charge < -0.3 is 9.64 Å². The second-order valence-corrected chi connectivity index (χ2v) is 8.97. The zero-order valence-electron chi connectivity index (χ0n) is 13.9. The summed E-state index contributed by atoms with van der Waals surface area (Å²) in [6.07, 6.45) is 0. The van der Waals surface area contributed by atoms with E-state index in [1.807, 2.05) is 19.1 Å². The van der Waals surface area contributed by atoms with E-state index in [1.54, 1.807) is 17.9 Å². The van der Waals surface area contributed by atoms with Gasteiger partial charge >= 0.3 is 0 Å². The summed E-state index contributed by atoms with van der Waals surface area (Å²) in [5.74, 6) is 0.702. The van der Waals surface area contributed by atoms with Crippen LogP contribution in [0.4, 0.5) is 0 Å². The number of thioether (sulfide) groups is 1. The maximum Gasteiger partial charge on any atom is 0.244 e. The number of carbonyl (C=O) groups is 1. The van der Waals surface area contributed by atoms with Gasteiger partial charge in [0.25, 0.3) is 0 Å². The largest absolute Gasteiger partial charge is 0.378 e. The van der Waals surface area contributed by atoms with Crippen molar-refractivity contribution in [3.05, 3.63) is 29.3 Å². The highest BCUT2D eigenvalue weighted by Crippen LogP contribution is 2.31. The van der Waals surface area contributed by atoms with E-state index in [2.05, 4.69) is 0 Å². The Hall–Kier alpha value is -1.09. The van der Waals surface area contributed by atoms with Crippen LogP contribution < -0.4 is 0 Å². The lowest BCUT2D eigenvalue weighted by Gasteiger charge is -2.32. The molecular formula is C16H22N2O4S2. The predicted molar refractivity (Wildman–Crippen MR) is 93.5 cm³/mol. The summed E-state index contributed by atoms with van der Waals surface area (Å²) < 4.78 is 32.9. The van der Waals surface area contributed by atoms with Crippen LogP contribution in [0.5, 0.6) is 0 Å². The first kappa shape index (κ1) is 17.7. The molecule has 2 saturated heterocycles. The second-order valence-electron chi connectivity index (χ2n) is 6.11. The Kier molecular flexibility index (Phi) is 5.19. The smallest absolute Gasteiger partial charge is 0.244 e. The van der Waals surface area contributed by atoms with E-state index >= 15 is 0 Å².